The molecule has 0 saturated carbocycles. The second-order valence-corrected chi connectivity index (χ2v) is 3.88. The first-order valence-electron chi connectivity index (χ1n) is 5.55. The number of aromatic nitrogens is 1. The van der Waals surface area contributed by atoms with Gasteiger partial charge in [0, 0.05) is 24.4 Å². The van der Waals surface area contributed by atoms with E-state index in [1.807, 2.05) is 30.5 Å². The average molecular weight is 212 g/mol. The van der Waals surface area contributed by atoms with Crippen LogP contribution in [0.25, 0.3) is 0 Å². The largest absolute Gasteiger partial charge is 0.330 e. The van der Waals surface area contributed by atoms with Crippen LogP contribution in [0, 0.1) is 0 Å². The van der Waals surface area contributed by atoms with E-state index in [1.165, 1.54) is 5.56 Å². The third kappa shape index (κ3) is 2.67. The molecule has 2 aromatic rings. The van der Waals surface area contributed by atoms with Gasteiger partial charge in [0.05, 0.1) is 0 Å². The lowest BCUT2D eigenvalue weighted by Crippen LogP contribution is -2.16. The van der Waals surface area contributed by atoms with Gasteiger partial charge >= 0.3 is 0 Å². The SMILES string of the molecule is NC[C@H](Cc1ccccc1)c1ccccn1. The van der Waals surface area contributed by atoms with Gasteiger partial charge in [0.25, 0.3) is 0 Å². The molecular weight excluding hydrogens is 196 g/mol. The highest BCUT2D eigenvalue weighted by Gasteiger charge is 2.10. The minimum atomic E-state index is 0.309. The summed E-state index contributed by atoms with van der Waals surface area (Å²) in [7, 11) is 0. The number of rotatable bonds is 4. The van der Waals surface area contributed by atoms with E-state index in [2.05, 4.69) is 29.2 Å². The van der Waals surface area contributed by atoms with Gasteiger partial charge in [0.15, 0.2) is 0 Å². The van der Waals surface area contributed by atoms with Crippen molar-refractivity contribution >= 4 is 0 Å². The normalized spacial score (nSPS) is 12.3. The number of hydrogen-bond acceptors (Lipinski definition) is 2. The molecule has 0 radical (unpaired) electrons. The molecule has 0 bridgehead atoms. The highest BCUT2D eigenvalue weighted by atomic mass is 14.7. The zero-order valence-corrected chi connectivity index (χ0v) is 9.21. The molecule has 0 fully saturated rings. The third-order valence-electron chi connectivity index (χ3n) is 2.72. The zero-order chi connectivity index (χ0) is 11.2. The Bertz CT molecular complexity index is 411. The van der Waals surface area contributed by atoms with Gasteiger partial charge in [-0.25, -0.2) is 0 Å². The zero-order valence-electron chi connectivity index (χ0n) is 9.21. The first kappa shape index (κ1) is 10.8. The lowest BCUT2D eigenvalue weighted by molar-refractivity contribution is 0.672. The summed E-state index contributed by atoms with van der Waals surface area (Å²) in [6, 6.07) is 16.4. The summed E-state index contributed by atoms with van der Waals surface area (Å²) in [4.78, 5) is 4.37. The Morgan fingerprint density at radius 1 is 1.00 bits per heavy atom. The van der Waals surface area contributed by atoms with Crippen LogP contribution in [0.2, 0.25) is 0 Å². The van der Waals surface area contributed by atoms with Gasteiger partial charge in [0.2, 0.25) is 0 Å². The van der Waals surface area contributed by atoms with Crippen molar-refractivity contribution in [3.63, 3.8) is 0 Å². The van der Waals surface area contributed by atoms with E-state index in [0.29, 0.717) is 12.5 Å². The second-order valence-electron chi connectivity index (χ2n) is 3.88. The van der Waals surface area contributed by atoms with Crippen molar-refractivity contribution in [1.82, 2.24) is 4.98 Å². The standard InChI is InChI=1S/C14H16N2/c15-11-13(14-8-4-5-9-16-14)10-12-6-2-1-3-7-12/h1-9,13H,10-11,15H2/t13-/m0/s1. The molecule has 1 aromatic heterocycles. The van der Waals surface area contributed by atoms with Crippen LogP contribution in [0.15, 0.2) is 54.7 Å². The van der Waals surface area contributed by atoms with Crippen molar-refractivity contribution in [2.45, 2.75) is 12.3 Å². The number of benzene rings is 1. The Morgan fingerprint density at radius 2 is 1.75 bits per heavy atom. The molecule has 0 amide bonds. The van der Waals surface area contributed by atoms with E-state index in [0.717, 1.165) is 12.1 Å². The number of nitrogens with two attached hydrogens (primary N) is 1. The fraction of sp³-hybridized carbons (Fsp3) is 0.214. The molecule has 1 heterocycles. The van der Waals surface area contributed by atoms with Crippen molar-refractivity contribution in [3.8, 4) is 0 Å². The monoisotopic (exact) mass is 212 g/mol. The number of pyridine rings is 1. The van der Waals surface area contributed by atoms with Crippen molar-refractivity contribution in [2.24, 2.45) is 5.73 Å². The van der Waals surface area contributed by atoms with Crippen LogP contribution in [0.3, 0.4) is 0 Å². The summed E-state index contributed by atoms with van der Waals surface area (Å²) in [5.74, 6) is 0.309. The Morgan fingerprint density at radius 3 is 2.38 bits per heavy atom. The van der Waals surface area contributed by atoms with Gasteiger partial charge in [-0.1, -0.05) is 36.4 Å². The van der Waals surface area contributed by atoms with Gasteiger partial charge in [-0.05, 0) is 24.1 Å². The van der Waals surface area contributed by atoms with E-state index < -0.39 is 0 Å². The highest BCUT2D eigenvalue weighted by molar-refractivity contribution is 5.20. The average Bonchev–Trinajstić information content (AvgIpc) is 2.38. The molecule has 16 heavy (non-hydrogen) atoms. The molecule has 0 spiro atoms. The smallest absolute Gasteiger partial charge is 0.0450 e. The molecule has 0 saturated heterocycles. The molecule has 82 valence electrons. The number of hydrogen-bond donors (Lipinski definition) is 1. The summed E-state index contributed by atoms with van der Waals surface area (Å²) in [6.07, 6.45) is 2.78. The van der Waals surface area contributed by atoms with Gasteiger partial charge in [-0.3, -0.25) is 4.98 Å². The summed E-state index contributed by atoms with van der Waals surface area (Å²) in [5, 5.41) is 0. The molecule has 2 nitrogen and oxygen atoms in total. The fourth-order valence-electron chi connectivity index (χ4n) is 1.82. The maximum absolute atomic E-state index is 5.81. The molecule has 1 atom stereocenters. The van der Waals surface area contributed by atoms with Crippen LogP contribution < -0.4 is 5.73 Å². The summed E-state index contributed by atoms with van der Waals surface area (Å²) >= 11 is 0. The Balaban J connectivity index is 2.13. The topological polar surface area (TPSA) is 38.9 Å². The molecule has 2 heteroatoms. The predicted octanol–water partition coefficient (Wildman–Crippen LogP) is 2.37. The second kappa shape index (κ2) is 5.42. The van der Waals surface area contributed by atoms with Crippen molar-refractivity contribution < 1.29 is 0 Å². The number of nitrogens with zero attached hydrogens (tertiary/aromatic N) is 1. The van der Waals surface area contributed by atoms with Gasteiger partial charge in [-0.2, -0.15) is 0 Å². The fourth-order valence-corrected chi connectivity index (χ4v) is 1.82. The van der Waals surface area contributed by atoms with Gasteiger partial charge < -0.3 is 5.73 Å². The van der Waals surface area contributed by atoms with E-state index in [-0.39, 0.29) is 0 Å². The van der Waals surface area contributed by atoms with Crippen molar-refractivity contribution in [3.05, 3.63) is 66.0 Å². The van der Waals surface area contributed by atoms with Crippen LogP contribution in [-0.4, -0.2) is 11.5 Å². The molecule has 1 aromatic carbocycles. The molecule has 2 N–H and O–H groups in total. The molecule has 2 rings (SSSR count). The van der Waals surface area contributed by atoms with E-state index in [4.69, 9.17) is 5.73 Å². The van der Waals surface area contributed by atoms with Crippen LogP contribution in [-0.2, 0) is 6.42 Å². The first-order chi connectivity index (χ1) is 7.90. The van der Waals surface area contributed by atoms with E-state index in [9.17, 15) is 0 Å². The maximum Gasteiger partial charge on any atom is 0.0450 e. The van der Waals surface area contributed by atoms with Crippen molar-refractivity contribution in [2.75, 3.05) is 6.54 Å². The van der Waals surface area contributed by atoms with Crippen LogP contribution >= 0.6 is 0 Å². The Kier molecular flexibility index (Phi) is 3.67. The Labute approximate surface area is 96.1 Å². The maximum atomic E-state index is 5.81. The summed E-state index contributed by atoms with van der Waals surface area (Å²) < 4.78 is 0. The predicted molar refractivity (Wildman–Crippen MR) is 66.2 cm³/mol. The van der Waals surface area contributed by atoms with Gasteiger partial charge in [-0.15, -0.1) is 0 Å². The quantitative estimate of drug-likeness (QED) is 0.845. The molecule has 0 aliphatic carbocycles. The highest BCUT2D eigenvalue weighted by Crippen LogP contribution is 2.17. The first-order valence-corrected chi connectivity index (χ1v) is 5.55. The van der Waals surface area contributed by atoms with Crippen molar-refractivity contribution in [1.29, 1.82) is 0 Å². The van der Waals surface area contributed by atoms with E-state index >= 15 is 0 Å². The van der Waals surface area contributed by atoms with Crippen LogP contribution in [0.5, 0.6) is 0 Å². The lowest BCUT2D eigenvalue weighted by atomic mass is 9.96. The Hall–Kier alpha value is -1.67. The summed E-state index contributed by atoms with van der Waals surface area (Å²) in [6.45, 7) is 0.631. The third-order valence-corrected chi connectivity index (χ3v) is 2.72. The summed E-state index contributed by atoms with van der Waals surface area (Å²) in [5.41, 5.74) is 8.20. The molecule has 0 aliphatic rings. The minimum absolute atomic E-state index is 0.309. The van der Waals surface area contributed by atoms with Crippen LogP contribution in [0.1, 0.15) is 17.2 Å². The molecular formula is C14H16N2. The van der Waals surface area contributed by atoms with E-state index in [1.54, 1.807) is 0 Å². The molecule has 0 unspecified atom stereocenters. The van der Waals surface area contributed by atoms with Gasteiger partial charge in [0.1, 0.15) is 0 Å². The minimum Gasteiger partial charge on any atom is -0.330 e. The lowest BCUT2D eigenvalue weighted by Gasteiger charge is -2.13. The van der Waals surface area contributed by atoms with Crippen LogP contribution in [0.4, 0.5) is 0 Å². The molecule has 0 aliphatic heterocycles.